The van der Waals surface area contributed by atoms with Crippen LogP contribution in [0.4, 0.5) is 0 Å². The van der Waals surface area contributed by atoms with Crippen molar-refractivity contribution < 1.29 is 9.90 Å². The van der Waals surface area contributed by atoms with Crippen molar-refractivity contribution in [2.75, 3.05) is 20.1 Å². The molecule has 0 atom stereocenters. The van der Waals surface area contributed by atoms with Gasteiger partial charge in [0, 0.05) is 25.7 Å². The first-order chi connectivity index (χ1) is 9.74. The molecular formula is C14H19IN4O2. The lowest BCUT2D eigenvalue weighted by Crippen LogP contribution is -2.34. The number of nitrogens with zero attached hydrogens (tertiary/aromatic N) is 2. The van der Waals surface area contributed by atoms with Crippen LogP contribution < -0.4 is 10.7 Å². The Bertz CT molecular complexity index is 558. The third kappa shape index (κ3) is 4.42. The summed E-state index contributed by atoms with van der Waals surface area (Å²) >= 11 is 0. The Morgan fingerprint density at radius 3 is 2.71 bits per heavy atom. The molecule has 1 aliphatic heterocycles. The molecule has 7 heteroatoms. The summed E-state index contributed by atoms with van der Waals surface area (Å²) in [6.45, 7) is 1.54. The van der Waals surface area contributed by atoms with Crippen LogP contribution in [0.5, 0.6) is 0 Å². The van der Waals surface area contributed by atoms with E-state index in [4.69, 9.17) is 0 Å². The fraction of sp³-hybridized carbons (Fsp3) is 0.357. The van der Waals surface area contributed by atoms with E-state index >= 15 is 0 Å². The first-order valence-corrected chi connectivity index (χ1v) is 6.60. The molecule has 0 spiro atoms. The highest BCUT2D eigenvalue weighted by Crippen LogP contribution is 2.12. The molecular weight excluding hydrogens is 383 g/mol. The monoisotopic (exact) mass is 402 g/mol. The number of hydrogen-bond donors (Lipinski definition) is 3. The number of carboxylic acids is 1. The van der Waals surface area contributed by atoms with E-state index in [0.29, 0.717) is 17.1 Å². The highest BCUT2D eigenvalue weighted by molar-refractivity contribution is 14.0. The van der Waals surface area contributed by atoms with Gasteiger partial charge in [-0.3, -0.25) is 4.99 Å². The number of amidine groups is 1. The van der Waals surface area contributed by atoms with Gasteiger partial charge >= 0.3 is 5.97 Å². The normalized spacial score (nSPS) is 15.1. The molecule has 0 saturated heterocycles. The van der Waals surface area contributed by atoms with Crippen LogP contribution in [0.2, 0.25) is 0 Å². The van der Waals surface area contributed by atoms with Crippen LogP contribution in [-0.4, -0.2) is 42.8 Å². The van der Waals surface area contributed by atoms with E-state index in [-0.39, 0.29) is 29.5 Å². The van der Waals surface area contributed by atoms with Crippen molar-refractivity contribution in [3.63, 3.8) is 0 Å². The van der Waals surface area contributed by atoms with Gasteiger partial charge in [-0.05, 0) is 18.9 Å². The Hall–Kier alpha value is -1.64. The molecule has 0 bridgehead atoms. The van der Waals surface area contributed by atoms with Gasteiger partial charge in [-0.25, -0.2) is 4.79 Å². The minimum atomic E-state index is -0.973. The lowest BCUT2D eigenvalue weighted by molar-refractivity contribution is 0.0696. The zero-order valence-electron chi connectivity index (χ0n) is 11.8. The number of hydrogen-bond acceptors (Lipinski definition) is 5. The van der Waals surface area contributed by atoms with Gasteiger partial charge in [-0.15, -0.1) is 24.0 Å². The number of aromatic carboxylic acids is 1. The topological polar surface area (TPSA) is 86.1 Å². The molecule has 1 aromatic carbocycles. The molecule has 0 amide bonds. The van der Waals surface area contributed by atoms with Crippen LogP contribution in [0.25, 0.3) is 0 Å². The van der Waals surface area contributed by atoms with Crippen molar-refractivity contribution in [3.05, 3.63) is 35.4 Å². The molecule has 21 heavy (non-hydrogen) atoms. The molecule has 0 aromatic heterocycles. The number of hydrazone groups is 1. The highest BCUT2D eigenvalue weighted by atomic mass is 127. The largest absolute Gasteiger partial charge is 0.478 e. The Kier molecular flexibility index (Phi) is 7.13. The van der Waals surface area contributed by atoms with Crippen LogP contribution in [-0.2, 0) is 0 Å². The summed E-state index contributed by atoms with van der Waals surface area (Å²) in [4.78, 5) is 15.8. The van der Waals surface area contributed by atoms with E-state index in [1.54, 1.807) is 31.3 Å². The second-order valence-corrected chi connectivity index (χ2v) is 4.40. The molecule has 3 N–H and O–H groups in total. The summed E-state index contributed by atoms with van der Waals surface area (Å²) in [7, 11) is 1.68. The summed E-state index contributed by atoms with van der Waals surface area (Å²) < 4.78 is 0. The summed E-state index contributed by atoms with van der Waals surface area (Å²) in [5.74, 6) is -0.329. The Balaban J connectivity index is 0.00000220. The smallest absolute Gasteiger partial charge is 0.336 e. The summed E-state index contributed by atoms with van der Waals surface area (Å²) in [5.41, 5.74) is 4.03. The number of carbonyl (C=O) groups is 1. The highest BCUT2D eigenvalue weighted by Gasteiger charge is 2.19. The van der Waals surface area contributed by atoms with Crippen molar-refractivity contribution in [1.82, 2.24) is 10.7 Å². The average molecular weight is 402 g/mol. The van der Waals surface area contributed by atoms with Crippen molar-refractivity contribution in [1.29, 1.82) is 0 Å². The number of halogens is 1. The maximum atomic E-state index is 11.3. The quantitative estimate of drug-likeness (QED) is 0.407. The molecule has 0 radical (unpaired) electrons. The van der Waals surface area contributed by atoms with Crippen molar-refractivity contribution in [2.45, 2.75) is 12.8 Å². The summed E-state index contributed by atoms with van der Waals surface area (Å²) in [6, 6.07) is 6.81. The number of aliphatic imine (C=N–C) groups is 1. The van der Waals surface area contributed by atoms with Crippen LogP contribution in [0.15, 0.2) is 34.4 Å². The van der Waals surface area contributed by atoms with Crippen LogP contribution in [0, 0.1) is 0 Å². The third-order valence-electron chi connectivity index (χ3n) is 3.01. The standard InChI is InChI=1S/C14H18N4O2.HI/c1-15-18-12(13-16-8-4-5-9-17-13)10-6-2-3-7-11(10)14(19)20;/h2-3,6-7,15H,4-5,8-9H2,1H3,(H,16,17)(H,19,20);1H. The summed E-state index contributed by atoms with van der Waals surface area (Å²) in [5, 5.41) is 16.7. The minimum Gasteiger partial charge on any atom is -0.478 e. The SMILES string of the molecule is CNN=C(C1=NCCCCN1)c1ccccc1C(=O)O.I. The number of benzene rings is 1. The average Bonchev–Trinajstić information content (AvgIpc) is 2.73. The molecule has 0 fully saturated rings. The molecule has 2 rings (SSSR count). The third-order valence-corrected chi connectivity index (χ3v) is 3.01. The van der Waals surface area contributed by atoms with Crippen LogP contribution >= 0.6 is 24.0 Å². The molecule has 0 saturated carbocycles. The predicted molar refractivity (Wildman–Crippen MR) is 94.0 cm³/mol. The summed E-state index contributed by atoms with van der Waals surface area (Å²) in [6.07, 6.45) is 2.06. The van der Waals surface area contributed by atoms with Gasteiger partial charge in [-0.1, -0.05) is 18.2 Å². The molecule has 0 unspecified atom stereocenters. The molecule has 114 valence electrons. The minimum absolute atomic E-state index is 0. The number of nitrogens with one attached hydrogen (secondary N) is 2. The fourth-order valence-electron chi connectivity index (χ4n) is 2.08. The molecule has 1 aliphatic rings. The zero-order chi connectivity index (χ0) is 14.4. The van der Waals surface area contributed by atoms with Gasteiger partial charge in [0.1, 0.15) is 11.5 Å². The fourth-order valence-corrected chi connectivity index (χ4v) is 2.08. The molecule has 6 nitrogen and oxygen atoms in total. The van der Waals surface area contributed by atoms with Gasteiger partial charge < -0.3 is 15.8 Å². The van der Waals surface area contributed by atoms with Gasteiger partial charge in [0.2, 0.25) is 0 Å². The molecule has 1 aromatic rings. The second-order valence-electron chi connectivity index (χ2n) is 4.40. The van der Waals surface area contributed by atoms with Gasteiger partial charge in [-0.2, -0.15) is 5.10 Å². The Labute approximate surface area is 140 Å². The van der Waals surface area contributed by atoms with Gasteiger partial charge in [0.25, 0.3) is 0 Å². The van der Waals surface area contributed by atoms with E-state index in [0.717, 1.165) is 25.9 Å². The maximum absolute atomic E-state index is 11.3. The Morgan fingerprint density at radius 1 is 1.33 bits per heavy atom. The molecule has 1 heterocycles. The Morgan fingerprint density at radius 2 is 2.05 bits per heavy atom. The predicted octanol–water partition coefficient (Wildman–Crippen LogP) is 1.71. The van der Waals surface area contributed by atoms with E-state index in [1.807, 2.05) is 0 Å². The van der Waals surface area contributed by atoms with Crippen molar-refractivity contribution in [3.8, 4) is 0 Å². The van der Waals surface area contributed by atoms with E-state index < -0.39 is 5.97 Å². The van der Waals surface area contributed by atoms with Crippen molar-refractivity contribution in [2.24, 2.45) is 10.1 Å². The van der Waals surface area contributed by atoms with E-state index in [9.17, 15) is 9.90 Å². The lowest BCUT2D eigenvalue weighted by atomic mass is 10.0. The van der Waals surface area contributed by atoms with E-state index in [1.165, 1.54) is 0 Å². The zero-order valence-corrected chi connectivity index (χ0v) is 14.1. The van der Waals surface area contributed by atoms with Gasteiger partial charge in [0.15, 0.2) is 0 Å². The van der Waals surface area contributed by atoms with Crippen LogP contribution in [0.1, 0.15) is 28.8 Å². The number of carboxylic acid groups (broad SMARTS) is 1. The number of rotatable bonds is 4. The molecule has 0 aliphatic carbocycles. The second kappa shape index (κ2) is 8.60. The van der Waals surface area contributed by atoms with Crippen molar-refractivity contribution >= 4 is 41.5 Å². The lowest BCUT2D eigenvalue weighted by Gasteiger charge is -2.12. The van der Waals surface area contributed by atoms with E-state index in [2.05, 4.69) is 20.8 Å². The van der Waals surface area contributed by atoms with Crippen LogP contribution in [0.3, 0.4) is 0 Å². The maximum Gasteiger partial charge on any atom is 0.336 e. The first kappa shape index (κ1) is 17.4. The first-order valence-electron chi connectivity index (χ1n) is 6.60. The van der Waals surface area contributed by atoms with Gasteiger partial charge in [0.05, 0.1) is 5.56 Å².